The molecule has 6 heteroatoms. The first-order valence-electron chi connectivity index (χ1n) is 5.67. The average molecular weight is 269 g/mol. The van der Waals surface area contributed by atoms with Gasteiger partial charge in [-0.2, -0.15) is 0 Å². The van der Waals surface area contributed by atoms with Crippen LogP contribution >= 0.6 is 0 Å². The first-order valence-corrected chi connectivity index (χ1v) is 5.67. The molecule has 0 radical (unpaired) electrons. The molecule has 0 heterocycles. The van der Waals surface area contributed by atoms with E-state index in [4.69, 9.17) is 9.84 Å². The molecule has 1 amide bonds. The molecule has 0 aliphatic heterocycles. The van der Waals surface area contributed by atoms with E-state index in [1.165, 1.54) is 6.07 Å². The van der Waals surface area contributed by atoms with E-state index in [0.29, 0.717) is 0 Å². The Kier molecular flexibility index (Phi) is 4.47. The fourth-order valence-corrected chi connectivity index (χ4v) is 1.32. The SMILES string of the molecule is CC(C)(C)OC(=O)NCc1cc(C(=O)O)ccc1F. The number of amides is 1. The van der Waals surface area contributed by atoms with Crippen molar-refractivity contribution in [2.24, 2.45) is 0 Å². The Morgan fingerprint density at radius 1 is 1.37 bits per heavy atom. The molecule has 0 atom stereocenters. The van der Waals surface area contributed by atoms with E-state index in [2.05, 4.69) is 5.32 Å². The minimum atomic E-state index is -1.15. The Hall–Kier alpha value is -2.11. The highest BCUT2D eigenvalue weighted by Crippen LogP contribution is 2.11. The van der Waals surface area contributed by atoms with Gasteiger partial charge in [-0.3, -0.25) is 0 Å². The Morgan fingerprint density at radius 2 is 2.00 bits per heavy atom. The summed E-state index contributed by atoms with van der Waals surface area (Å²) in [6.45, 7) is 4.98. The van der Waals surface area contributed by atoms with Gasteiger partial charge in [0.05, 0.1) is 5.56 Å². The molecule has 0 saturated heterocycles. The molecule has 0 unspecified atom stereocenters. The van der Waals surface area contributed by atoms with Crippen LogP contribution in [0.4, 0.5) is 9.18 Å². The Bertz CT molecular complexity index is 494. The quantitative estimate of drug-likeness (QED) is 0.884. The number of alkyl carbamates (subject to hydrolysis) is 1. The zero-order valence-electron chi connectivity index (χ0n) is 11.0. The molecule has 0 spiro atoms. The lowest BCUT2D eigenvalue weighted by Crippen LogP contribution is -2.32. The van der Waals surface area contributed by atoms with Crippen molar-refractivity contribution in [2.45, 2.75) is 32.9 Å². The van der Waals surface area contributed by atoms with Gasteiger partial charge in [0.1, 0.15) is 11.4 Å². The van der Waals surface area contributed by atoms with Gasteiger partial charge in [0, 0.05) is 12.1 Å². The summed E-state index contributed by atoms with van der Waals surface area (Å²) in [5.41, 5.74) is -0.598. The van der Waals surface area contributed by atoms with Gasteiger partial charge in [-0.15, -0.1) is 0 Å². The van der Waals surface area contributed by atoms with Gasteiger partial charge in [0.15, 0.2) is 0 Å². The normalized spacial score (nSPS) is 10.9. The number of rotatable bonds is 3. The summed E-state index contributed by atoms with van der Waals surface area (Å²) >= 11 is 0. The molecule has 5 nitrogen and oxygen atoms in total. The number of carbonyl (C=O) groups excluding carboxylic acids is 1. The van der Waals surface area contributed by atoms with E-state index in [1.54, 1.807) is 20.8 Å². The molecule has 0 saturated carbocycles. The lowest BCUT2D eigenvalue weighted by atomic mass is 10.1. The summed E-state index contributed by atoms with van der Waals surface area (Å²) < 4.78 is 18.4. The third-order valence-corrected chi connectivity index (χ3v) is 2.11. The Balaban J connectivity index is 2.70. The lowest BCUT2D eigenvalue weighted by molar-refractivity contribution is 0.0523. The predicted octanol–water partition coefficient (Wildman–Crippen LogP) is 2.55. The van der Waals surface area contributed by atoms with Gasteiger partial charge in [0.2, 0.25) is 0 Å². The molecule has 0 aromatic heterocycles. The number of nitrogens with one attached hydrogen (secondary N) is 1. The van der Waals surface area contributed by atoms with Crippen LogP contribution in [0.5, 0.6) is 0 Å². The smallest absolute Gasteiger partial charge is 0.407 e. The Morgan fingerprint density at radius 3 is 2.53 bits per heavy atom. The second kappa shape index (κ2) is 5.69. The van der Waals surface area contributed by atoms with Gasteiger partial charge in [-0.05, 0) is 39.0 Å². The highest BCUT2D eigenvalue weighted by Gasteiger charge is 2.16. The summed E-state index contributed by atoms with van der Waals surface area (Å²) in [7, 11) is 0. The fraction of sp³-hybridized carbons (Fsp3) is 0.385. The van der Waals surface area contributed by atoms with Crippen molar-refractivity contribution in [3.63, 3.8) is 0 Å². The maximum atomic E-state index is 13.4. The maximum Gasteiger partial charge on any atom is 0.407 e. The number of ether oxygens (including phenoxy) is 1. The van der Waals surface area contributed by atoms with E-state index in [1.807, 2.05) is 0 Å². The molecule has 0 aliphatic carbocycles. The number of hydrogen-bond acceptors (Lipinski definition) is 3. The highest BCUT2D eigenvalue weighted by molar-refractivity contribution is 5.87. The number of carboxylic acids is 1. The molecule has 0 aliphatic rings. The van der Waals surface area contributed by atoms with Crippen molar-refractivity contribution in [3.05, 3.63) is 35.1 Å². The van der Waals surface area contributed by atoms with E-state index >= 15 is 0 Å². The number of aromatic carboxylic acids is 1. The van der Waals surface area contributed by atoms with Crippen LogP contribution in [0.25, 0.3) is 0 Å². The third kappa shape index (κ3) is 4.95. The van der Waals surface area contributed by atoms with Crippen molar-refractivity contribution in [3.8, 4) is 0 Å². The standard InChI is InChI=1S/C13H16FNO4/c1-13(2,3)19-12(18)15-7-9-6-8(11(16)17)4-5-10(9)14/h4-6H,7H2,1-3H3,(H,15,18)(H,16,17). The van der Waals surface area contributed by atoms with Gasteiger partial charge in [-0.1, -0.05) is 0 Å². The highest BCUT2D eigenvalue weighted by atomic mass is 19.1. The number of hydrogen-bond donors (Lipinski definition) is 2. The molecular formula is C13H16FNO4. The van der Waals surface area contributed by atoms with Crippen molar-refractivity contribution < 1.29 is 23.8 Å². The predicted molar refractivity (Wildman–Crippen MR) is 66.4 cm³/mol. The van der Waals surface area contributed by atoms with Crippen LogP contribution in [-0.2, 0) is 11.3 Å². The minimum Gasteiger partial charge on any atom is -0.478 e. The second-order valence-electron chi connectivity index (χ2n) is 4.97. The van der Waals surface area contributed by atoms with Crippen LogP contribution in [0.2, 0.25) is 0 Å². The third-order valence-electron chi connectivity index (χ3n) is 2.11. The Labute approximate surface area is 110 Å². The van der Waals surface area contributed by atoms with Crippen molar-refractivity contribution in [1.29, 1.82) is 0 Å². The molecular weight excluding hydrogens is 253 g/mol. The van der Waals surface area contributed by atoms with E-state index in [0.717, 1.165) is 12.1 Å². The molecule has 0 fully saturated rings. The minimum absolute atomic E-state index is 0.0395. The number of carbonyl (C=O) groups is 2. The van der Waals surface area contributed by atoms with E-state index < -0.39 is 23.5 Å². The van der Waals surface area contributed by atoms with E-state index in [9.17, 15) is 14.0 Å². The number of carboxylic acid groups (broad SMARTS) is 1. The number of benzene rings is 1. The topological polar surface area (TPSA) is 75.6 Å². The van der Waals surface area contributed by atoms with Crippen LogP contribution < -0.4 is 5.32 Å². The molecule has 104 valence electrons. The van der Waals surface area contributed by atoms with Crippen molar-refractivity contribution >= 4 is 12.1 Å². The van der Waals surface area contributed by atoms with Crippen molar-refractivity contribution in [2.75, 3.05) is 0 Å². The molecule has 0 bridgehead atoms. The van der Waals surface area contributed by atoms with E-state index in [-0.39, 0.29) is 17.7 Å². The van der Waals surface area contributed by atoms with Gasteiger partial charge >= 0.3 is 12.1 Å². The zero-order chi connectivity index (χ0) is 14.6. The van der Waals surface area contributed by atoms with Crippen molar-refractivity contribution in [1.82, 2.24) is 5.32 Å². The molecule has 1 aromatic rings. The van der Waals surface area contributed by atoms with Crippen LogP contribution in [0, 0.1) is 5.82 Å². The first-order chi connectivity index (χ1) is 8.69. The van der Waals surface area contributed by atoms with Crippen LogP contribution in [-0.4, -0.2) is 22.8 Å². The summed E-state index contributed by atoms with van der Waals surface area (Å²) in [4.78, 5) is 22.1. The second-order valence-corrected chi connectivity index (χ2v) is 4.97. The molecule has 1 aromatic carbocycles. The lowest BCUT2D eigenvalue weighted by Gasteiger charge is -2.19. The molecule has 2 N–H and O–H groups in total. The van der Waals surface area contributed by atoms with Crippen LogP contribution in [0.3, 0.4) is 0 Å². The average Bonchev–Trinajstić information content (AvgIpc) is 2.25. The largest absolute Gasteiger partial charge is 0.478 e. The summed E-state index contributed by atoms with van der Waals surface area (Å²) in [6, 6.07) is 3.39. The zero-order valence-corrected chi connectivity index (χ0v) is 11.0. The summed E-state index contributed by atoms with van der Waals surface area (Å²) in [6.07, 6.45) is -0.687. The van der Waals surface area contributed by atoms with Gasteiger partial charge in [0.25, 0.3) is 0 Å². The first kappa shape index (κ1) is 14.9. The molecule has 19 heavy (non-hydrogen) atoms. The van der Waals surface area contributed by atoms with Gasteiger partial charge in [-0.25, -0.2) is 14.0 Å². The van der Waals surface area contributed by atoms with Gasteiger partial charge < -0.3 is 15.2 Å². The monoisotopic (exact) mass is 269 g/mol. The summed E-state index contributed by atoms with van der Waals surface area (Å²) in [5.74, 6) is -1.74. The maximum absolute atomic E-state index is 13.4. The number of halogens is 1. The fourth-order valence-electron chi connectivity index (χ4n) is 1.32. The van der Waals surface area contributed by atoms with Crippen LogP contribution in [0.15, 0.2) is 18.2 Å². The summed E-state index contributed by atoms with van der Waals surface area (Å²) in [5, 5.41) is 11.2. The molecule has 1 rings (SSSR count). The van der Waals surface area contributed by atoms with Crippen LogP contribution in [0.1, 0.15) is 36.7 Å².